The van der Waals surface area contributed by atoms with Crippen LogP contribution in [0.25, 0.3) is 0 Å². The maximum atomic E-state index is 6.58. The van der Waals surface area contributed by atoms with E-state index in [9.17, 15) is 0 Å². The zero-order chi connectivity index (χ0) is 16.1. The van der Waals surface area contributed by atoms with Crippen LogP contribution in [0.4, 0.5) is 0 Å². The summed E-state index contributed by atoms with van der Waals surface area (Å²) in [6.07, 6.45) is 9.73. The molecule has 2 nitrogen and oxygen atoms in total. The molecule has 0 N–H and O–H groups in total. The first-order chi connectivity index (χ1) is 9.69. The molecule has 1 fully saturated rings. The van der Waals surface area contributed by atoms with Crippen molar-refractivity contribution in [3.05, 3.63) is 24.8 Å². The predicted molar refractivity (Wildman–Crippen MR) is 97.7 cm³/mol. The molecule has 0 aromatic carbocycles. The van der Waals surface area contributed by atoms with Crippen LogP contribution in [0.2, 0.25) is 18.1 Å². The molecule has 122 valence electrons. The maximum absolute atomic E-state index is 6.58. The van der Waals surface area contributed by atoms with Crippen LogP contribution < -0.4 is 0 Å². The third kappa shape index (κ3) is 6.01. The lowest BCUT2D eigenvalue weighted by Crippen LogP contribution is -2.47. The Morgan fingerprint density at radius 2 is 1.90 bits per heavy atom. The van der Waals surface area contributed by atoms with Crippen molar-refractivity contribution in [2.75, 3.05) is 5.33 Å². The standard InChI is InChI=1S/C17H31BrO2Si/c1-7-14-12-16(20-21(5,6)17(2,3)4)13-15(19-14)10-8-9-11-18/h7-8,10,14-16H,1,9,11-13H2,2-6H3/b10-8+/t14-,15+,16-/m0/s1. The fourth-order valence-electron chi connectivity index (χ4n) is 2.23. The van der Waals surface area contributed by atoms with E-state index in [0.29, 0.717) is 0 Å². The minimum Gasteiger partial charge on any atom is -0.414 e. The summed E-state index contributed by atoms with van der Waals surface area (Å²) in [6.45, 7) is 15.4. The molecule has 1 heterocycles. The van der Waals surface area contributed by atoms with E-state index in [2.05, 4.69) is 68.5 Å². The molecule has 0 aromatic heterocycles. The topological polar surface area (TPSA) is 18.5 Å². The van der Waals surface area contributed by atoms with E-state index >= 15 is 0 Å². The average molecular weight is 375 g/mol. The molecule has 4 heteroatoms. The van der Waals surface area contributed by atoms with Gasteiger partial charge < -0.3 is 9.16 Å². The molecular formula is C17H31BrO2Si. The normalized spacial score (nSPS) is 28.0. The summed E-state index contributed by atoms with van der Waals surface area (Å²) in [5.41, 5.74) is 0. The van der Waals surface area contributed by atoms with Crippen LogP contribution in [0.5, 0.6) is 0 Å². The molecule has 3 atom stereocenters. The average Bonchev–Trinajstić information content (AvgIpc) is 2.37. The van der Waals surface area contributed by atoms with Crippen molar-refractivity contribution in [3.8, 4) is 0 Å². The van der Waals surface area contributed by atoms with E-state index in [1.807, 2.05) is 6.08 Å². The van der Waals surface area contributed by atoms with Gasteiger partial charge in [0, 0.05) is 18.2 Å². The molecule has 0 spiro atoms. The van der Waals surface area contributed by atoms with Gasteiger partial charge in [-0.25, -0.2) is 0 Å². The van der Waals surface area contributed by atoms with Gasteiger partial charge in [-0.2, -0.15) is 0 Å². The zero-order valence-corrected chi connectivity index (χ0v) is 16.8. The molecule has 1 rings (SSSR count). The first-order valence-electron chi connectivity index (χ1n) is 7.88. The van der Waals surface area contributed by atoms with E-state index in [1.165, 1.54) is 0 Å². The summed E-state index contributed by atoms with van der Waals surface area (Å²) >= 11 is 3.45. The van der Waals surface area contributed by atoms with Crippen molar-refractivity contribution < 1.29 is 9.16 Å². The van der Waals surface area contributed by atoms with E-state index in [0.717, 1.165) is 24.6 Å². The molecule has 0 radical (unpaired) electrons. The molecule has 21 heavy (non-hydrogen) atoms. The van der Waals surface area contributed by atoms with Crippen LogP contribution in [0.3, 0.4) is 0 Å². The molecule has 1 aliphatic heterocycles. The van der Waals surface area contributed by atoms with Gasteiger partial charge in [0.15, 0.2) is 8.32 Å². The van der Waals surface area contributed by atoms with Gasteiger partial charge >= 0.3 is 0 Å². The molecule has 0 bridgehead atoms. The zero-order valence-electron chi connectivity index (χ0n) is 14.2. The SMILES string of the molecule is C=C[C@H]1C[C@H](O[Si](C)(C)C(C)(C)C)C[C@@H](/C=C/CCBr)O1. The molecule has 1 aliphatic rings. The molecule has 1 saturated heterocycles. The minimum atomic E-state index is -1.72. The Balaban J connectivity index is 2.71. The van der Waals surface area contributed by atoms with Gasteiger partial charge in [-0.1, -0.05) is 54.9 Å². The highest BCUT2D eigenvalue weighted by Crippen LogP contribution is 2.39. The fraction of sp³-hybridized carbons (Fsp3) is 0.765. The highest BCUT2D eigenvalue weighted by molar-refractivity contribution is 9.09. The van der Waals surface area contributed by atoms with Crippen LogP contribution in [0.1, 0.15) is 40.0 Å². The largest absolute Gasteiger partial charge is 0.414 e. The Bertz CT molecular complexity index is 360. The highest BCUT2D eigenvalue weighted by atomic mass is 79.9. The number of hydrogen-bond donors (Lipinski definition) is 0. The van der Waals surface area contributed by atoms with E-state index < -0.39 is 8.32 Å². The Morgan fingerprint density at radius 1 is 1.29 bits per heavy atom. The van der Waals surface area contributed by atoms with Crippen LogP contribution in [0, 0.1) is 0 Å². The van der Waals surface area contributed by atoms with Gasteiger partial charge in [-0.05, 0) is 24.6 Å². The first-order valence-corrected chi connectivity index (χ1v) is 11.9. The van der Waals surface area contributed by atoms with Gasteiger partial charge in [0.05, 0.1) is 18.3 Å². The van der Waals surface area contributed by atoms with Crippen LogP contribution >= 0.6 is 15.9 Å². The van der Waals surface area contributed by atoms with Crippen molar-refractivity contribution in [3.63, 3.8) is 0 Å². The van der Waals surface area contributed by atoms with Crippen molar-refractivity contribution in [2.24, 2.45) is 0 Å². The first kappa shape index (κ1) is 19.1. The van der Waals surface area contributed by atoms with Crippen LogP contribution in [-0.2, 0) is 9.16 Å². The molecule has 0 aliphatic carbocycles. The third-order valence-electron chi connectivity index (χ3n) is 4.50. The third-order valence-corrected chi connectivity index (χ3v) is 9.49. The van der Waals surface area contributed by atoms with Crippen LogP contribution in [-0.4, -0.2) is 32.0 Å². The number of allylic oxidation sites excluding steroid dienone is 1. The lowest BCUT2D eigenvalue weighted by molar-refractivity contribution is -0.0505. The number of rotatable bonds is 6. The quantitative estimate of drug-likeness (QED) is 0.349. The summed E-state index contributed by atoms with van der Waals surface area (Å²) in [4.78, 5) is 0. The van der Waals surface area contributed by atoms with E-state index in [-0.39, 0.29) is 23.4 Å². The van der Waals surface area contributed by atoms with Gasteiger partial charge in [-0.15, -0.1) is 6.58 Å². The molecule has 0 unspecified atom stereocenters. The summed E-state index contributed by atoms with van der Waals surface area (Å²) in [5.74, 6) is 0. The molecule has 0 saturated carbocycles. The summed E-state index contributed by atoms with van der Waals surface area (Å²) in [7, 11) is -1.72. The number of ether oxygens (including phenoxy) is 1. The highest BCUT2D eigenvalue weighted by Gasteiger charge is 2.40. The summed E-state index contributed by atoms with van der Waals surface area (Å²) < 4.78 is 12.6. The Kier molecular flexibility index (Phi) is 7.38. The van der Waals surface area contributed by atoms with Crippen molar-refractivity contribution in [2.45, 2.75) is 76.5 Å². The lowest BCUT2D eigenvalue weighted by atomic mass is 10.0. The smallest absolute Gasteiger partial charge is 0.192 e. The number of halogens is 1. The monoisotopic (exact) mass is 374 g/mol. The summed E-state index contributed by atoms with van der Waals surface area (Å²) in [6, 6.07) is 0. The Morgan fingerprint density at radius 3 is 2.43 bits per heavy atom. The number of hydrogen-bond acceptors (Lipinski definition) is 2. The molecular weight excluding hydrogens is 344 g/mol. The van der Waals surface area contributed by atoms with Crippen molar-refractivity contribution >= 4 is 24.2 Å². The number of alkyl halides is 1. The van der Waals surface area contributed by atoms with Gasteiger partial charge in [-0.3, -0.25) is 0 Å². The van der Waals surface area contributed by atoms with Crippen LogP contribution in [0.15, 0.2) is 24.8 Å². The second-order valence-corrected chi connectivity index (χ2v) is 12.9. The summed E-state index contributed by atoms with van der Waals surface area (Å²) in [5, 5.41) is 1.24. The second-order valence-electron chi connectivity index (χ2n) is 7.33. The van der Waals surface area contributed by atoms with Gasteiger partial charge in [0.1, 0.15) is 0 Å². The molecule has 0 amide bonds. The fourth-order valence-corrected chi connectivity index (χ4v) is 3.87. The second kappa shape index (κ2) is 8.09. The van der Waals surface area contributed by atoms with Gasteiger partial charge in [0.2, 0.25) is 0 Å². The molecule has 0 aromatic rings. The Labute approximate surface area is 140 Å². The van der Waals surface area contributed by atoms with Gasteiger partial charge in [0.25, 0.3) is 0 Å². The van der Waals surface area contributed by atoms with E-state index in [1.54, 1.807) is 0 Å². The predicted octanol–water partition coefficient (Wildman–Crippen LogP) is 5.45. The lowest BCUT2D eigenvalue weighted by Gasteiger charge is -2.42. The van der Waals surface area contributed by atoms with Crippen molar-refractivity contribution in [1.29, 1.82) is 0 Å². The minimum absolute atomic E-state index is 0.104. The van der Waals surface area contributed by atoms with Crippen molar-refractivity contribution in [1.82, 2.24) is 0 Å². The maximum Gasteiger partial charge on any atom is 0.192 e. The Hall–Kier alpha value is 0.0969. The van der Waals surface area contributed by atoms with E-state index in [4.69, 9.17) is 9.16 Å².